The largest absolute Gasteiger partial charge is 0.465 e. The van der Waals surface area contributed by atoms with Gasteiger partial charge >= 0.3 is 11.9 Å². The van der Waals surface area contributed by atoms with Crippen LogP contribution in [0.3, 0.4) is 0 Å². The predicted octanol–water partition coefficient (Wildman–Crippen LogP) is 4.12. The molecule has 0 spiro atoms. The van der Waals surface area contributed by atoms with Gasteiger partial charge in [0.15, 0.2) is 12.1 Å². The zero-order valence-corrected chi connectivity index (χ0v) is 20.2. The van der Waals surface area contributed by atoms with E-state index in [0.29, 0.717) is 29.1 Å². The Labute approximate surface area is 199 Å². The van der Waals surface area contributed by atoms with Crippen molar-refractivity contribution in [3.63, 3.8) is 0 Å². The minimum Gasteiger partial charge on any atom is -0.465 e. The van der Waals surface area contributed by atoms with Gasteiger partial charge in [0.25, 0.3) is 5.91 Å². The van der Waals surface area contributed by atoms with Gasteiger partial charge in [0.05, 0.1) is 32.5 Å². The smallest absolute Gasteiger partial charge is 0.362 e. The molecule has 1 N–H and O–H groups in total. The molecule has 1 saturated carbocycles. The molecular weight excluding hydrogens is 444 g/mol. The maximum atomic E-state index is 13.6. The summed E-state index contributed by atoms with van der Waals surface area (Å²) in [5.41, 5.74) is 1.30. The predicted molar refractivity (Wildman–Crippen MR) is 126 cm³/mol. The van der Waals surface area contributed by atoms with Gasteiger partial charge in [-0.25, -0.2) is 9.59 Å². The van der Waals surface area contributed by atoms with Gasteiger partial charge in [0, 0.05) is 17.9 Å². The van der Waals surface area contributed by atoms with E-state index in [2.05, 4.69) is 5.32 Å². The van der Waals surface area contributed by atoms with E-state index in [1.165, 1.54) is 13.2 Å². The Morgan fingerprint density at radius 2 is 1.79 bits per heavy atom. The van der Waals surface area contributed by atoms with Crippen LogP contribution < -0.4 is 5.32 Å². The van der Waals surface area contributed by atoms with Gasteiger partial charge in [-0.2, -0.15) is 0 Å². The Kier molecular flexibility index (Phi) is 7.44. The summed E-state index contributed by atoms with van der Waals surface area (Å²) in [5.74, 6) is -1.21. The lowest BCUT2D eigenvalue weighted by Gasteiger charge is -2.51. The molecule has 7 nitrogen and oxygen atoms in total. The molecule has 1 aliphatic rings. The summed E-state index contributed by atoms with van der Waals surface area (Å²) in [5, 5.41) is 3.31. The van der Waals surface area contributed by atoms with Gasteiger partial charge in [-0.15, -0.1) is 0 Å². The first-order chi connectivity index (χ1) is 15.6. The van der Waals surface area contributed by atoms with Crippen LogP contribution in [-0.4, -0.2) is 55.6 Å². The highest BCUT2D eigenvalue weighted by Crippen LogP contribution is 2.42. The second-order valence-corrected chi connectivity index (χ2v) is 9.40. The minimum absolute atomic E-state index is 0.0453. The average Bonchev–Trinajstić information content (AvgIpc) is 2.72. The van der Waals surface area contributed by atoms with E-state index in [9.17, 15) is 14.4 Å². The summed E-state index contributed by atoms with van der Waals surface area (Å²) >= 11 is 6.12. The Balaban J connectivity index is 1.77. The Morgan fingerprint density at radius 1 is 1.12 bits per heavy atom. The molecule has 8 heteroatoms. The fourth-order valence-electron chi connectivity index (χ4n) is 4.29. The molecule has 176 valence electrons. The van der Waals surface area contributed by atoms with Gasteiger partial charge < -0.3 is 19.3 Å². The van der Waals surface area contributed by atoms with Crippen molar-refractivity contribution in [1.82, 2.24) is 0 Å². The molecule has 33 heavy (non-hydrogen) atoms. The second-order valence-electron chi connectivity index (χ2n) is 8.97. The number of likely N-dealkylation sites (N-methyl/N-ethyl adjacent to an activating group) is 1. The highest BCUT2D eigenvalue weighted by Gasteiger charge is 2.57. The lowest BCUT2D eigenvalue weighted by Crippen LogP contribution is -2.70. The number of benzene rings is 2. The Bertz CT molecular complexity index is 1050. The molecule has 2 aromatic carbocycles. The normalized spacial score (nSPS) is 14.7. The zero-order chi connectivity index (χ0) is 24.2. The highest BCUT2D eigenvalue weighted by atomic mass is 35.5. The maximum Gasteiger partial charge on any atom is 0.362 e. The molecule has 1 aliphatic carbocycles. The van der Waals surface area contributed by atoms with Crippen LogP contribution in [0, 0.1) is 6.92 Å². The number of halogens is 1. The number of nitrogens with one attached hydrogen (secondary N) is 1. The SMILES string of the molecule is COC(=O)c1cc(Cl)cc(C)c1NC(=O)C1([N+](C)(C)CC(=O)OCc2ccccc2)CCC1. The van der Waals surface area contributed by atoms with Crippen molar-refractivity contribution < 1.29 is 28.3 Å². The van der Waals surface area contributed by atoms with Gasteiger partial charge in [0.1, 0.15) is 6.61 Å². The summed E-state index contributed by atoms with van der Waals surface area (Å²) < 4.78 is 10.5. The number of anilines is 1. The van der Waals surface area contributed by atoms with Crippen molar-refractivity contribution in [2.45, 2.75) is 38.3 Å². The first-order valence-corrected chi connectivity index (χ1v) is 11.2. The lowest BCUT2D eigenvalue weighted by atomic mass is 9.73. The Morgan fingerprint density at radius 3 is 2.36 bits per heavy atom. The average molecular weight is 474 g/mol. The monoisotopic (exact) mass is 473 g/mol. The van der Waals surface area contributed by atoms with Crippen LogP contribution in [0.15, 0.2) is 42.5 Å². The van der Waals surface area contributed by atoms with Crippen LogP contribution in [0.2, 0.25) is 5.02 Å². The number of carbonyl (C=O) groups is 3. The van der Waals surface area contributed by atoms with Crippen molar-refractivity contribution in [1.29, 1.82) is 0 Å². The molecule has 0 unspecified atom stereocenters. The number of carbonyl (C=O) groups excluding carboxylic acids is 3. The first-order valence-electron chi connectivity index (χ1n) is 10.8. The standard InChI is InChI=1S/C25H29ClN2O5/c1-17-13-19(26)14-20(23(30)32-4)22(17)27-24(31)25(11-8-12-25)28(2,3)15-21(29)33-16-18-9-6-5-7-10-18/h5-7,9-10,13-14H,8,11-12,15-16H2,1-4H3/p+1. The first kappa shape index (κ1) is 24.7. The third-order valence-corrected chi connectivity index (χ3v) is 6.69. The number of ether oxygens (including phenoxy) is 2. The quantitative estimate of drug-likeness (QED) is 0.460. The van der Waals surface area contributed by atoms with E-state index in [4.69, 9.17) is 21.1 Å². The zero-order valence-electron chi connectivity index (χ0n) is 19.4. The molecule has 0 aromatic heterocycles. The molecular formula is C25H30ClN2O5+. The Hall–Kier alpha value is -2.90. The summed E-state index contributed by atoms with van der Waals surface area (Å²) in [4.78, 5) is 38.5. The number of hydrogen-bond donors (Lipinski definition) is 1. The van der Waals surface area contributed by atoms with E-state index in [1.807, 2.05) is 44.4 Å². The summed E-state index contributed by atoms with van der Waals surface area (Å²) in [6.45, 7) is 2.00. The van der Waals surface area contributed by atoms with Crippen molar-refractivity contribution in [2.24, 2.45) is 0 Å². The number of rotatable bonds is 8. The second kappa shape index (κ2) is 9.93. The molecule has 2 aromatic rings. The molecule has 0 aliphatic heterocycles. The number of methoxy groups -OCH3 is 1. The van der Waals surface area contributed by atoms with Crippen molar-refractivity contribution in [2.75, 3.05) is 33.1 Å². The van der Waals surface area contributed by atoms with Crippen LogP contribution in [0.25, 0.3) is 0 Å². The summed E-state index contributed by atoms with van der Waals surface area (Å²) in [6, 6.07) is 12.6. The van der Waals surface area contributed by atoms with Crippen LogP contribution in [0.1, 0.15) is 40.7 Å². The number of nitrogens with zero attached hydrogens (tertiary/aromatic N) is 1. The van der Waals surface area contributed by atoms with Gasteiger partial charge in [-0.3, -0.25) is 4.79 Å². The molecule has 0 heterocycles. The van der Waals surface area contributed by atoms with Gasteiger partial charge in [-0.1, -0.05) is 41.9 Å². The van der Waals surface area contributed by atoms with Crippen molar-refractivity contribution in [3.8, 4) is 0 Å². The van der Waals surface area contributed by atoms with Crippen molar-refractivity contribution >= 4 is 35.1 Å². The van der Waals surface area contributed by atoms with E-state index in [1.54, 1.807) is 13.0 Å². The molecule has 0 saturated heterocycles. The van der Waals surface area contributed by atoms with Gasteiger partial charge in [-0.05, 0) is 36.6 Å². The molecule has 0 radical (unpaired) electrons. The van der Waals surface area contributed by atoms with Crippen molar-refractivity contribution in [3.05, 3.63) is 64.2 Å². The fourth-order valence-corrected chi connectivity index (χ4v) is 4.56. The maximum absolute atomic E-state index is 13.6. The third kappa shape index (κ3) is 5.20. The summed E-state index contributed by atoms with van der Waals surface area (Å²) in [6.07, 6.45) is 2.12. The van der Waals surface area contributed by atoms with E-state index >= 15 is 0 Å². The molecule has 0 atom stereocenters. The third-order valence-electron chi connectivity index (χ3n) is 6.47. The highest BCUT2D eigenvalue weighted by molar-refractivity contribution is 6.31. The van der Waals surface area contributed by atoms with E-state index in [0.717, 1.165) is 12.0 Å². The van der Waals surface area contributed by atoms with Gasteiger partial charge in [0.2, 0.25) is 0 Å². The minimum atomic E-state index is -0.814. The lowest BCUT2D eigenvalue weighted by molar-refractivity contribution is -0.931. The molecule has 3 rings (SSSR count). The van der Waals surface area contributed by atoms with Crippen LogP contribution in [0.4, 0.5) is 5.69 Å². The molecule has 1 amide bonds. The van der Waals surface area contributed by atoms with E-state index in [-0.39, 0.29) is 35.1 Å². The van der Waals surface area contributed by atoms with Crippen LogP contribution in [0.5, 0.6) is 0 Å². The molecule has 1 fully saturated rings. The topological polar surface area (TPSA) is 81.7 Å². The van der Waals surface area contributed by atoms with Crippen LogP contribution >= 0.6 is 11.6 Å². The number of hydrogen-bond acceptors (Lipinski definition) is 5. The number of quaternary nitrogens is 1. The number of aryl methyl sites for hydroxylation is 1. The summed E-state index contributed by atoms with van der Waals surface area (Å²) in [7, 11) is 5.00. The van der Waals surface area contributed by atoms with E-state index < -0.39 is 11.5 Å². The fraction of sp³-hybridized carbons (Fsp3) is 0.400. The molecule has 0 bridgehead atoms. The number of esters is 2. The van der Waals surface area contributed by atoms with Crippen LogP contribution in [-0.2, 0) is 25.7 Å². The number of amides is 1.